The minimum Gasteiger partial charge on any atom is -0.494 e. The quantitative estimate of drug-likeness (QED) is 0.778. The molecule has 0 atom stereocenters. The van der Waals surface area contributed by atoms with E-state index in [1.165, 1.54) is 0 Å². The largest absolute Gasteiger partial charge is 0.494 e. The van der Waals surface area contributed by atoms with Crippen molar-refractivity contribution in [3.05, 3.63) is 34.8 Å². The zero-order valence-electron chi connectivity index (χ0n) is 9.23. The molecule has 1 aromatic carbocycles. The summed E-state index contributed by atoms with van der Waals surface area (Å²) in [6.45, 7) is 0.959. The SMILES string of the molecule is OCCCOc1ccc(OCC=C(Cl)Cl)cc1. The number of rotatable bonds is 7. The van der Waals surface area contributed by atoms with Gasteiger partial charge in [-0.1, -0.05) is 23.2 Å². The smallest absolute Gasteiger partial charge is 0.120 e. The van der Waals surface area contributed by atoms with E-state index in [1.54, 1.807) is 30.3 Å². The van der Waals surface area contributed by atoms with Crippen LogP contribution in [0.15, 0.2) is 34.8 Å². The molecule has 1 rings (SSSR count). The predicted octanol–water partition coefficient (Wildman–Crippen LogP) is 3.15. The van der Waals surface area contributed by atoms with Crippen molar-refractivity contribution in [1.29, 1.82) is 0 Å². The third kappa shape index (κ3) is 6.41. The molecule has 1 N–H and O–H groups in total. The van der Waals surface area contributed by atoms with Crippen molar-refractivity contribution in [2.24, 2.45) is 0 Å². The van der Waals surface area contributed by atoms with Crippen LogP contribution in [-0.4, -0.2) is 24.9 Å². The summed E-state index contributed by atoms with van der Waals surface area (Å²) < 4.78 is 10.9. The second kappa shape index (κ2) is 8.23. The van der Waals surface area contributed by atoms with Crippen molar-refractivity contribution in [2.45, 2.75) is 6.42 Å². The normalized spacial score (nSPS) is 9.82. The highest BCUT2D eigenvalue weighted by Crippen LogP contribution is 2.18. The average molecular weight is 277 g/mol. The molecule has 0 aliphatic rings. The summed E-state index contributed by atoms with van der Waals surface area (Å²) in [5.41, 5.74) is 0. The molecule has 0 aliphatic carbocycles. The summed E-state index contributed by atoms with van der Waals surface area (Å²) >= 11 is 10.9. The molecule has 0 fully saturated rings. The zero-order valence-corrected chi connectivity index (χ0v) is 10.7. The predicted molar refractivity (Wildman–Crippen MR) is 68.9 cm³/mol. The van der Waals surface area contributed by atoms with Gasteiger partial charge in [-0.05, 0) is 30.3 Å². The van der Waals surface area contributed by atoms with Crippen LogP contribution in [0.25, 0.3) is 0 Å². The molecule has 0 radical (unpaired) electrons. The first kappa shape index (κ1) is 14.2. The van der Waals surface area contributed by atoms with Crippen LogP contribution >= 0.6 is 23.2 Å². The van der Waals surface area contributed by atoms with E-state index in [0.29, 0.717) is 25.4 Å². The number of ether oxygens (including phenoxy) is 2. The second-order valence-corrected chi connectivity index (χ2v) is 4.21. The molecule has 5 heteroatoms. The lowest BCUT2D eigenvalue weighted by molar-refractivity contribution is 0.233. The van der Waals surface area contributed by atoms with E-state index in [4.69, 9.17) is 37.8 Å². The molecule has 3 nitrogen and oxygen atoms in total. The summed E-state index contributed by atoms with van der Waals surface area (Å²) in [6, 6.07) is 7.20. The molecule has 0 spiro atoms. The Bertz CT molecular complexity index is 345. The van der Waals surface area contributed by atoms with Gasteiger partial charge >= 0.3 is 0 Å². The minimum atomic E-state index is 0.132. The van der Waals surface area contributed by atoms with Gasteiger partial charge in [0.05, 0.1) is 6.61 Å². The highest BCUT2D eigenvalue weighted by Gasteiger charge is 1.96. The number of aliphatic hydroxyl groups is 1. The zero-order chi connectivity index (χ0) is 12.5. The fraction of sp³-hybridized carbons (Fsp3) is 0.333. The first-order valence-electron chi connectivity index (χ1n) is 5.20. The van der Waals surface area contributed by atoms with Crippen molar-refractivity contribution >= 4 is 23.2 Å². The van der Waals surface area contributed by atoms with E-state index >= 15 is 0 Å². The number of hydrogen-bond donors (Lipinski definition) is 1. The molecule has 0 aliphatic heterocycles. The highest BCUT2D eigenvalue weighted by atomic mass is 35.5. The Morgan fingerprint density at radius 3 is 2.24 bits per heavy atom. The topological polar surface area (TPSA) is 38.7 Å². The first-order chi connectivity index (χ1) is 8.22. The van der Waals surface area contributed by atoms with Gasteiger partial charge in [0, 0.05) is 13.0 Å². The van der Waals surface area contributed by atoms with Gasteiger partial charge in [0.1, 0.15) is 22.6 Å². The van der Waals surface area contributed by atoms with Crippen molar-refractivity contribution in [1.82, 2.24) is 0 Å². The third-order valence-electron chi connectivity index (χ3n) is 1.88. The Morgan fingerprint density at radius 2 is 1.71 bits per heavy atom. The summed E-state index contributed by atoms with van der Waals surface area (Å²) in [5.74, 6) is 1.46. The van der Waals surface area contributed by atoms with Crippen molar-refractivity contribution in [3.63, 3.8) is 0 Å². The molecule has 0 amide bonds. The van der Waals surface area contributed by atoms with Gasteiger partial charge < -0.3 is 14.6 Å². The number of benzene rings is 1. The van der Waals surface area contributed by atoms with Gasteiger partial charge in [0.25, 0.3) is 0 Å². The van der Waals surface area contributed by atoms with Gasteiger partial charge in [-0.15, -0.1) is 0 Å². The Kier molecular flexibility index (Phi) is 6.86. The van der Waals surface area contributed by atoms with E-state index in [1.807, 2.05) is 0 Å². The summed E-state index contributed by atoms with van der Waals surface area (Å²) in [6.07, 6.45) is 2.19. The van der Waals surface area contributed by atoms with E-state index in [9.17, 15) is 0 Å². The van der Waals surface area contributed by atoms with Gasteiger partial charge in [0.15, 0.2) is 0 Å². The minimum absolute atomic E-state index is 0.132. The Morgan fingerprint density at radius 1 is 1.12 bits per heavy atom. The molecule has 0 heterocycles. The number of aliphatic hydroxyl groups excluding tert-OH is 1. The summed E-state index contributed by atoms with van der Waals surface area (Å²) in [5, 5.41) is 8.60. The molecule has 0 unspecified atom stereocenters. The molecule has 0 saturated carbocycles. The fourth-order valence-electron chi connectivity index (χ4n) is 1.09. The summed E-state index contributed by atoms with van der Waals surface area (Å²) in [7, 11) is 0. The monoisotopic (exact) mass is 276 g/mol. The fourth-order valence-corrected chi connectivity index (χ4v) is 1.21. The maximum absolute atomic E-state index is 8.60. The van der Waals surface area contributed by atoms with Crippen molar-refractivity contribution in [2.75, 3.05) is 19.8 Å². The Hall–Kier alpha value is -0.900. The van der Waals surface area contributed by atoms with Crippen LogP contribution in [0, 0.1) is 0 Å². The lowest BCUT2D eigenvalue weighted by Crippen LogP contribution is -1.99. The van der Waals surface area contributed by atoms with Crippen LogP contribution < -0.4 is 9.47 Å². The Labute approximate surface area is 111 Å². The maximum Gasteiger partial charge on any atom is 0.120 e. The average Bonchev–Trinajstić information content (AvgIpc) is 2.31. The maximum atomic E-state index is 8.60. The molecule has 0 aromatic heterocycles. The van der Waals surface area contributed by atoms with Crippen LogP contribution in [0.3, 0.4) is 0 Å². The Balaban J connectivity index is 2.36. The van der Waals surface area contributed by atoms with Gasteiger partial charge in [-0.3, -0.25) is 0 Å². The molecule has 94 valence electrons. The first-order valence-corrected chi connectivity index (χ1v) is 5.95. The van der Waals surface area contributed by atoms with Gasteiger partial charge in [0.2, 0.25) is 0 Å². The molecular weight excluding hydrogens is 263 g/mol. The second-order valence-electron chi connectivity index (χ2n) is 3.20. The standard InChI is InChI=1S/C12H14Cl2O3/c13-12(14)6-9-17-11-4-2-10(3-5-11)16-8-1-7-15/h2-6,15H,1,7-9H2. The van der Waals surface area contributed by atoms with Crippen LogP contribution in [-0.2, 0) is 0 Å². The molecule has 1 aromatic rings. The molecule has 0 bridgehead atoms. The van der Waals surface area contributed by atoms with Crippen LogP contribution in [0.2, 0.25) is 0 Å². The lowest BCUT2D eigenvalue weighted by Gasteiger charge is -2.06. The highest BCUT2D eigenvalue weighted by molar-refractivity contribution is 6.55. The summed E-state index contributed by atoms with van der Waals surface area (Å²) in [4.78, 5) is 0. The third-order valence-corrected chi connectivity index (χ3v) is 2.19. The van der Waals surface area contributed by atoms with Gasteiger partial charge in [-0.25, -0.2) is 0 Å². The van der Waals surface area contributed by atoms with Crippen molar-refractivity contribution in [3.8, 4) is 11.5 Å². The molecule has 0 saturated heterocycles. The molecular formula is C12H14Cl2O3. The van der Waals surface area contributed by atoms with Crippen LogP contribution in [0.5, 0.6) is 11.5 Å². The molecule has 17 heavy (non-hydrogen) atoms. The number of hydrogen-bond acceptors (Lipinski definition) is 3. The van der Waals surface area contributed by atoms with E-state index in [0.717, 1.165) is 5.75 Å². The van der Waals surface area contributed by atoms with E-state index in [2.05, 4.69) is 0 Å². The van der Waals surface area contributed by atoms with Crippen molar-refractivity contribution < 1.29 is 14.6 Å². The van der Waals surface area contributed by atoms with Crippen LogP contribution in [0.4, 0.5) is 0 Å². The van der Waals surface area contributed by atoms with E-state index < -0.39 is 0 Å². The van der Waals surface area contributed by atoms with Crippen LogP contribution in [0.1, 0.15) is 6.42 Å². The lowest BCUT2D eigenvalue weighted by atomic mass is 10.3. The van der Waals surface area contributed by atoms with Gasteiger partial charge in [-0.2, -0.15) is 0 Å². The van der Waals surface area contributed by atoms with E-state index in [-0.39, 0.29) is 11.1 Å². The number of halogens is 2.